The lowest BCUT2D eigenvalue weighted by Crippen LogP contribution is -2.34. The van der Waals surface area contributed by atoms with Gasteiger partial charge in [-0.3, -0.25) is 9.59 Å². The van der Waals surface area contributed by atoms with Gasteiger partial charge in [-0.25, -0.2) is 0 Å². The topological polar surface area (TPSA) is 64.6 Å². The Hall–Kier alpha value is -2.04. The molecule has 1 aliphatic rings. The normalized spacial score (nSPS) is 16.2. The van der Waals surface area contributed by atoms with E-state index in [0.29, 0.717) is 13.2 Å². The Kier molecular flexibility index (Phi) is 5.86. The molecule has 5 nitrogen and oxygen atoms in total. The molecule has 0 fully saturated rings. The first-order chi connectivity index (χ1) is 11.3. The van der Waals surface area contributed by atoms with Crippen LogP contribution >= 0.6 is 0 Å². The van der Waals surface area contributed by atoms with Crippen LogP contribution in [-0.2, 0) is 26.2 Å². The summed E-state index contributed by atoms with van der Waals surface area (Å²) in [6.07, 6.45) is 0.992. The van der Waals surface area contributed by atoms with Gasteiger partial charge in [-0.15, -0.1) is 0 Å². The summed E-state index contributed by atoms with van der Waals surface area (Å²) in [5.74, 6) is 0.402. The molecule has 0 aliphatic carbocycles. The molecule has 0 saturated heterocycles. The summed E-state index contributed by atoms with van der Waals surface area (Å²) in [7, 11) is 0. The van der Waals surface area contributed by atoms with Crippen LogP contribution in [0.15, 0.2) is 18.2 Å². The summed E-state index contributed by atoms with van der Waals surface area (Å²) in [5, 5.41) is 2.83. The molecule has 1 atom stereocenters. The standard InChI is InChI=1S/C19H27NO4/c1-5-23-18(22)9-8-17(21)20-12-15-11-13-10-14(19(2,3)4)6-7-16(13)24-15/h6-7,10,15H,5,8-9,11-12H2,1-4H3,(H,20,21). The zero-order valence-electron chi connectivity index (χ0n) is 15.0. The van der Waals surface area contributed by atoms with Gasteiger partial charge in [0.1, 0.15) is 11.9 Å². The maximum Gasteiger partial charge on any atom is 0.306 e. The van der Waals surface area contributed by atoms with Crippen molar-refractivity contribution in [3.63, 3.8) is 0 Å². The van der Waals surface area contributed by atoms with Gasteiger partial charge in [0.05, 0.1) is 19.6 Å². The van der Waals surface area contributed by atoms with Crippen molar-refractivity contribution in [3.8, 4) is 5.75 Å². The highest BCUT2D eigenvalue weighted by atomic mass is 16.5. The highest BCUT2D eigenvalue weighted by Crippen LogP contribution is 2.33. The number of benzene rings is 1. The highest BCUT2D eigenvalue weighted by molar-refractivity contribution is 5.81. The quantitative estimate of drug-likeness (QED) is 0.813. The molecule has 1 aliphatic heterocycles. The Morgan fingerprint density at radius 2 is 2.04 bits per heavy atom. The number of rotatable bonds is 6. The molecule has 0 spiro atoms. The molecule has 132 valence electrons. The molecular weight excluding hydrogens is 306 g/mol. The predicted octanol–water partition coefficient (Wildman–Crippen LogP) is 2.75. The van der Waals surface area contributed by atoms with E-state index in [9.17, 15) is 9.59 Å². The largest absolute Gasteiger partial charge is 0.488 e. The predicted molar refractivity (Wildman–Crippen MR) is 92.1 cm³/mol. The molecule has 1 aromatic rings. The van der Waals surface area contributed by atoms with Crippen molar-refractivity contribution < 1.29 is 19.1 Å². The fourth-order valence-corrected chi connectivity index (χ4v) is 2.67. The van der Waals surface area contributed by atoms with Crippen molar-refractivity contribution in [1.82, 2.24) is 5.32 Å². The second kappa shape index (κ2) is 7.69. The lowest BCUT2D eigenvalue weighted by Gasteiger charge is -2.19. The van der Waals surface area contributed by atoms with Gasteiger partial charge in [0.2, 0.25) is 5.91 Å². The van der Waals surface area contributed by atoms with Crippen LogP contribution in [0.3, 0.4) is 0 Å². The van der Waals surface area contributed by atoms with E-state index in [2.05, 4.69) is 38.2 Å². The van der Waals surface area contributed by atoms with Crippen LogP contribution in [0.5, 0.6) is 5.75 Å². The maximum atomic E-state index is 11.8. The molecule has 5 heteroatoms. The van der Waals surface area contributed by atoms with E-state index in [1.165, 1.54) is 11.1 Å². The Balaban J connectivity index is 1.79. The smallest absolute Gasteiger partial charge is 0.306 e. The van der Waals surface area contributed by atoms with E-state index < -0.39 is 0 Å². The molecule has 1 aromatic carbocycles. The van der Waals surface area contributed by atoms with Gasteiger partial charge in [0.25, 0.3) is 0 Å². The van der Waals surface area contributed by atoms with Gasteiger partial charge in [-0.1, -0.05) is 32.9 Å². The van der Waals surface area contributed by atoms with Gasteiger partial charge >= 0.3 is 5.97 Å². The van der Waals surface area contributed by atoms with E-state index >= 15 is 0 Å². The molecule has 0 saturated carbocycles. The number of carbonyl (C=O) groups excluding carboxylic acids is 2. The molecule has 1 heterocycles. The molecular formula is C19H27NO4. The number of hydrogen-bond donors (Lipinski definition) is 1. The van der Waals surface area contributed by atoms with Crippen LogP contribution in [-0.4, -0.2) is 31.1 Å². The Morgan fingerprint density at radius 1 is 1.29 bits per heavy atom. The third kappa shape index (κ3) is 4.98. The van der Waals surface area contributed by atoms with E-state index in [0.717, 1.165) is 12.2 Å². The lowest BCUT2D eigenvalue weighted by atomic mass is 9.86. The van der Waals surface area contributed by atoms with Gasteiger partial charge in [0.15, 0.2) is 0 Å². The zero-order valence-corrected chi connectivity index (χ0v) is 15.0. The van der Waals surface area contributed by atoms with Crippen molar-refractivity contribution in [2.24, 2.45) is 0 Å². The minimum atomic E-state index is -0.341. The molecule has 1 amide bonds. The van der Waals surface area contributed by atoms with Gasteiger partial charge in [-0.2, -0.15) is 0 Å². The highest BCUT2D eigenvalue weighted by Gasteiger charge is 2.25. The van der Waals surface area contributed by atoms with Crippen LogP contribution in [0.2, 0.25) is 0 Å². The number of ether oxygens (including phenoxy) is 2. The Labute approximate surface area is 143 Å². The van der Waals surface area contributed by atoms with Gasteiger partial charge < -0.3 is 14.8 Å². The Morgan fingerprint density at radius 3 is 2.71 bits per heavy atom. The van der Waals surface area contributed by atoms with Crippen LogP contribution in [0.1, 0.15) is 51.7 Å². The first kappa shape index (κ1) is 18.3. The van der Waals surface area contributed by atoms with E-state index in [1.807, 2.05) is 6.07 Å². The van der Waals surface area contributed by atoms with E-state index in [-0.39, 0.29) is 36.2 Å². The Bertz CT molecular complexity index is 604. The second-order valence-electron chi connectivity index (χ2n) is 7.13. The van der Waals surface area contributed by atoms with Crippen molar-refractivity contribution in [2.75, 3.05) is 13.2 Å². The monoisotopic (exact) mass is 333 g/mol. The van der Waals surface area contributed by atoms with E-state index in [4.69, 9.17) is 9.47 Å². The average Bonchev–Trinajstić information content (AvgIpc) is 2.92. The van der Waals surface area contributed by atoms with Crippen LogP contribution in [0.4, 0.5) is 0 Å². The summed E-state index contributed by atoms with van der Waals surface area (Å²) < 4.78 is 10.7. The van der Waals surface area contributed by atoms with Crippen molar-refractivity contribution in [3.05, 3.63) is 29.3 Å². The molecule has 1 unspecified atom stereocenters. The number of carbonyl (C=O) groups is 2. The summed E-state index contributed by atoms with van der Waals surface area (Å²) in [6.45, 7) is 9.09. The third-order valence-electron chi connectivity index (χ3n) is 4.06. The lowest BCUT2D eigenvalue weighted by molar-refractivity contribution is -0.144. The molecule has 0 aromatic heterocycles. The summed E-state index contributed by atoms with van der Waals surface area (Å²) >= 11 is 0. The second-order valence-corrected chi connectivity index (χ2v) is 7.13. The summed E-state index contributed by atoms with van der Waals surface area (Å²) in [4.78, 5) is 23.0. The first-order valence-corrected chi connectivity index (χ1v) is 8.52. The molecule has 1 N–H and O–H groups in total. The minimum absolute atomic E-state index is 0.0539. The first-order valence-electron chi connectivity index (χ1n) is 8.52. The molecule has 2 rings (SSSR count). The summed E-state index contributed by atoms with van der Waals surface area (Å²) in [6, 6.07) is 6.30. The number of fused-ring (bicyclic) bond motifs is 1. The fraction of sp³-hybridized carbons (Fsp3) is 0.579. The SMILES string of the molecule is CCOC(=O)CCC(=O)NCC1Cc2cc(C(C)(C)C)ccc2O1. The third-order valence-corrected chi connectivity index (χ3v) is 4.06. The number of hydrogen-bond acceptors (Lipinski definition) is 4. The van der Waals surface area contributed by atoms with Crippen molar-refractivity contribution in [2.45, 2.75) is 58.5 Å². The van der Waals surface area contributed by atoms with Gasteiger partial charge in [0, 0.05) is 12.8 Å². The molecule has 24 heavy (non-hydrogen) atoms. The van der Waals surface area contributed by atoms with E-state index in [1.54, 1.807) is 6.92 Å². The minimum Gasteiger partial charge on any atom is -0.488 e. The summed E-state index contributed by atoms with van der Waals surface area (Å²) in [5.41, 5.74) is 2.58. The number of esters is 1. The number of amides is 1. The van der Waals surface area contributed by atoms with Crippen LogP contribution in [0.25, 0.3) is 0 Å². The van der Waals surface area contributed by atoms with Crippen LogP contribution < -0.4 is 10.1 Å². The van der Waals surface area contributed by atoms with Crippen molar-refractivity contribution >= 4 is 11.9 Å². The molecule has 0 bridgehead atoms. The van der Waals surface area contributed by atoms with Crippen LogP contribution in [0, 0.1) is 0 Å². The fourth-order valence-electron chi connectivity index (χ4n) is 2.67. The van der Waals surface area contributed by atoms with Gasteiger partial charge in [-0.05, 0) is 29.5 Å². The zero-order chi connectivity index (χ0) is 17.7. The maximum absolute atomic E-state index is 11.8. The van der Waals surface area contributed by atoms with Crippen molar-refractivity contribution in [1.29, 1.82) is 0 Å². The number of nitrogens with one attached hydrogen (secondary N) is 1. The average molecular weight is 333 g/mol. The molecule has 0 radical (unpaired) electrons.